The number of hydrogen-bond acceptors (Lipinski definition) is 3. The Bertz CT molecular complexity index is 684. The first-order chi connectivity index (χ1) is 11.2. The number of hydrogen-bond donors (Lipinski definition) is 1. The van der Waals surface area contributed by atoms with Crippen molar-refractivity contribution < 1.29 is 13.5 Å². The van der Waals surface area contributed by atoms with Gasteiger partial charge in [-0.25, -0.2) is 8.78 Å². The number of benzene rings is 2. The van der Waals surface area contributed by atoms with Crippen LogP contribution in [0.4, 0.5) is 8.78 Å². The lowest BCUT2D eigenvalue weighted by molar-refractivity contribution is 0.151. The predicted molar refractivity (Wildman–Crippen MR) is 92.6 cm³/mol. The number of methoxy groups -OCH3 is 1. The summed E-state index contributed by atoms with van der Waals surface area (Å²) in [7, 11) is 1.66. The van der Waals surface area contributed by atoms with Crippen LogP contribution in [0.5, 0.6) is 5.75 Å². The molecule has 0 spiro atoms. The summed E-state index contributed by atoms with van der Waals surface area (Å²) in [5.74, 6) is -0.765. The zero-order valence-electron chi connectivity index (χ0n) is 13.5. The largest absolute Gasteiger partial charge is 0.496 e. The fourth-order valence-electron chi connectivity index (χ4n) is 3.06. The molecule has 2 aromatic rings. The number of para-hydroxylation sites is 1. The lowest BCUT2D eigenvalue weighted by Gasteiger charge is -2.37. The minimum absolute atomic E-state index is 0. The van der Waals surface area contributed by atoms with Gasteiger partial charge in [0.05, 0.1) is 13.2 Å². The summed E-state index contributed by atoms with van der Waals surface area (Å²) in [6.45, 7) is 3.07. The lowest BCUT2D eigenvalue weighted by Crippen LogP contribution is -2.45. The first-order valence-corrected chi connectivity index (χ1v) is 7.70. The molecule has 0 bridgehead atoms. The quantitative estimate of drug-likeness (QED) is 0.909. The summed E-state index contributed by atoms with van der Waals surface area (Å²) >= 11 is 0. The van der Waals surface area contributed by atoms with Gasteiger partial charge in [-0.15, -0.1) is 12.4 Å². The van der Waals surface area contributed by atoms with Gasteiger partial charge in [0, 0.05) is 31.7 Å². The molecule has 130 valence electrons. The molecule has 3 rings (SSSR count). The van der Waals surface area contributed by atoms with Crippen LogP contribution in [-0.2, 0) is 6.54 Å². The first kappa shape index (κ1) is 18.6. The molecule has 0 aliphatic carbocycles. The Balaban J connectivity index is 0.00000208. The molecule has 1 atom stereocenters. The molecule has 0 saturated carbocycles. The van der Waals surface area contributed by atoms with Crippen molar-refractivity contribution in [2.24, 2.45) is 0 Å². The summed E-state index contributed by atoms with van der Waals surface area (Å²) in [4.78, 5) is 2.26. The molecule has 1 heterocycles. The van der Waals surface area contributed by atoms with E-state index in [0.29, 0.717) is 6.54 Å². The summed E-state index contributed by atoms with van der Waals surface area (Å²) in [6, 6.07) is 12.2. The van der Waals surface area contributed by atoms with Crippen molar-refractivity contribution in [2.45, 2.75) is 12.6 Å². The summed E-state index contributed by atoms with van der Waals surface area (Å²) in [5, 5.41) is 3.39. The molecule has 1 aliphatic rings. The highest BCUT2D eigenvalue weighted by molar-refractivity contribution is 5.85. The van der Waals surface area contributed by atoms with Gasteiger partial charge in [-0.1, -0.05) is 24.3 Å². The maximum absolute atomic E-state index is 13.4. The second-order valence-corrected chi connectivity index (χ2v) is 5.68. The third-order valence-electron chi connectivity index (χ3n) is 4.22. The van der Waals surface area contributed by atoms with Crippen molar-refractivity contribution in [1.82, 2.24) is 10.2 Å². The van der Waals surface area contributed by atoms with Crippen LogP contribution >= 0.6 is 12.4 Å². The second-order valence-electron chi connectivity index (χ2n) is 5.68. The van der Waals surface area contributed by atoms with Crippen LogP contribution in [0.15, 0.2) is 42.5 Å². The lowest BCUT2D eigenvalue weighted by atomic mass is 10.0. The standard InChI is InChI=1S/C18H20F2N2O.ClH/c1-23-18-5-3-2-4-14(18)17-11-21-8-9-22(17)12-13-6-7-15(19)16(20)10-13;/h2-7,10,17,21H,8-9,11-12H2,1H3;1H. The SMILES string of the molecule is COc1ccccc1C1CNCCN1Cc1ccc(F)c(F)c1.Cl. The minimum atomic E-state index is -0.810. The van der Waals surface area contributed by atoms with E-state index in [1.807, 2.05) is 18.2 Å². The van der Waals surface area contributed by atoms with Crippen LogP contribution in [0.3, 0.4) is 0 Å². The molecule has 1 fully saturated rings. The Kier molecular flexibility index (Phi) is 6.54. The van der Waals surface area contributed by atoms with E-state index in [9.17, 15) is 8.78 Å². The Labute approximate surface area is 147 Å². The van der Waals surface area contributed by atoms with Gasteiger partial charge in [0.25, 0.3) is 0 Å². The Hall–Kier alpha value is -1.69. The fourth-order valence-corrected chi connectivity index (χ4v) is 3.06. The Morgan fingerprint density at radius 2 is 1.96 bits per heavy atom. The molecule has 0 amide bonds. The van der Waals surface area contributed by atoms with E-state index in [1.165, 1.54) is 12.1 Å². The monoisotopic (exact) mass is 354 g/mol. The average Bonchev–Trinajstić information content (AvgIpc) is 2.59. The maximum Gasteiger partial charge on any atom is 0.159 e. The van der Waals surface area contributed by atoms with E-state index in [0.717, 1.165) is 36.5 Å². The van der Waals surface area contributed by atoms with E-state index >= 15 is 0 Å². The highest BCUT2D eigenvalue weighted by Crippen LogP contribution is 2.31. The number of nitrogens with one attached hydrogen (secondary N) is 1. The van der Waals surface area contributed by atoms with Crippen molar-refractivity contribution in [3.8, 4) is 5.75 Å². The molecule has 1 N–H and O–H groups in total. The predicted octanol–water partition coefficient (Wildman–Crippen LogP) is 3.54. The van der Waals surface area contributed by atoms with E-state index in [4.69, 9.17) is 4.74 Å². The van der Waals surface area contributed by atoms with E-state index in [2.05, 4.69) is 16.3 Å². The topological polar surface area (TPSA) is 24.5 Å². The van der Waals surface area contributed by atoms with E-state index < -0.39 is 11.6 Å². The van der Waals surface area contributed by atoms with Crippen molar-refractivity contribution in [3.63, 3.8) is 0 Å². The van der Waals surface area contributed by atoms with E-state index in [-0.39, 0.29) is 18.4 Å². The van der Waals surface area contributed by atoms with Gasteiger partial charge in [0.1, 0.15) is 5.75 Å². The van der Waals surface area contributed by atoms with Gasteiger partial charge in [-0.05, 0) is 23.8 Å². The summed E-state index contributed by atoms with van der Waals surface area (Å²) < 4.78 is 32.0. The molecule has 1 aliphatic heterocycles. The highest BCUT2D eigenvalue weighted by atomic mass is 35.5. The van der Waals surface area contributed by atoms with Crippen molar-refractivity contribution in [2.75, 3.05) is 26.7 Å². The van der Waals surface area contributed by atoms with E-state index in [1.54, 1.807) is 13.2 Å². The number of halogens is 3. The van der Waals surface area contributed by atoms with Crippen molar-refractivity contribution in [1.29, 1.82) is 0 Å². The minimum Gasteiger partial charge on any atom is -0.496 e. The molecule has 0 aromatic heterocycles. The van der Waals surface area contributed by atoms with Crippen molar-refractivity contribution >= 4 is 12.4 Å². The van der Waals surface area contributed by atoms with Crippen LogP contribution in [0, 0.1) is 11.6 Å². The number of piperazine rings is 1. The van der Waals surface area contributed by atoms with Gasteiger partial charge in [-0.3, -0.25) is 4.90 Å². The molecule has 1 saturated heterocycles. The highest BCUT2D eigenvalue weighted by Gasteiger charge is 2.26. The van der Waals surface area contributed by atoms with Gasteiger partial charge in [-0.2, -0.15) is 0 Å². The summed E-state index contributed by atoms with van der Waals surface area (Å²) in [5.41, 5.74) is 1.87. The summed E-state index contributed by atoms with van der Waals surface area (Å²) in [6.07, 6.45) is 0. The number of ether oxygens (including phenoxy) is 1. The second kappa shape index (κ2) is 8.42. The fraction of sp³-hybridized carbons (Fsp3) is 0.333. The van der Waals surface area contributed by atoms with Crippen LogP contribution < -0.4 is 10.1 Å². The third kappa shape index (κ3) is 4.04. The molecule has 6 heteroatoms. The van der Waals surface area contributed by atoms with Crippen LogP contribution in [0.1, 0.15) is 17.2 Å². The molecular weight excluding hydrogens is 334 g/mol. The Morgan fingerprint density at radius 3 is 2.71 bits per heavy atom. The first-order valence-electron chi connectivity index (χ1n) is 7.70. The van der Waals surface area contributed by atoms with Crippen LogP contribution in [-0.4, -0.2) is 31.6 Å². The van der Waals surface area contributed by atoms with Crippen LogP contribution in [0.2, 0.25) is 0 Å². The van der Waals surface area contributed by atoms with Gasteiger partial charge >= 0.3 is 0 Å². The molecular formula is C18H21ClF2N2O. The zero-order chi connectivity index (χ0) is 16.2. The van der Waals surface area contributed by atoms with Crippen molar-refractivity contribution in [3.05, 3.63) is 65.2 Å². The third-order valence-corrected chi connectivity index (χ3v) is 4.22. The van der Waals surface area contributed by atoms with Gasteiger partial charge < -0.3 is 10.1 Å². The zero-order valence-corrected chi connectivity index (χ0v) is 14.3. The van der Waals surface area contributed by atoms with Gasteiger partial charge in [0.15, 0.2) is 11.6 Å². The molecule has 1 unspecified atom stereocenters. The average molecular weight is 355 g/mol. The van der Waals surface area contributed by atoms with Crippen LogP contribution in [0.25, 0.3) is 0 Å². The number of nitrogens with zero attached hydrogens (tertiary/aromatic N) is 1. The molecule has 2 aromatic carbocycles. The molecule has 3 nitrogen and oxygen atoms in total. The van der Waals surface area contributed by atoms with Gasteiger partial charge in [0.2, 0.25) is 0 Å². The number of rotatable bonds is 4. The Morgan fingerprint density at radius 1 is 1.17 bits per heavy atom. The maximum atomic E-state index is 13.4. The smallest absolute Gasteiger partial charge is 0.159 e. The molecule has 24 heavy (non-hydrogen) atoms. The normalized spacial score (nSPS) is 18.0. The molecule has 0 radical (unpaired) electrons.